The van der Waals surface area contributed by atoms with Crippen molar-refractivity contribution in [1.29, 1.82) is 0 Å². The van der Waals surface area contributed by atoms with E-state index in [-0.39, 0.29) is 0 Å². The highest BCUT2D eigenvalue weighted by atomic mass is 35.5. The van der Waals surface area contributed by atoms with Gasteiger partial charge >= 0.3 is 0 Å². The van der Waals surface area contributed by atoms with Gasteiger partial charge in [0, 0.05) is 6.42 Å². The third-order valence-corrected chi connectivity index (χ3v) is 2.64. The highest BCUT2D eigenvalue weighted by molar-refractivity contribution is 6.32. The Bertz CT molecular complexity index is 439. The highest BCUT2D eigenvalue weighted by Crippen LogP contribution is 2.23. The summed E-state index contributed by atoms with van der Waals surface area (Å²) >= 11 is 5.98. The minimum Gasteiger partial charge on any atom is -0.492 e. The van der Waals surface area contributed by atoms with Gasteiger partial charge in [0.15, 0.2) is 0 Å². The Hall–Kier alpha value is -1.47. The summed E-state index contributed by atoms with van der Waals surface area (Å²) in [5.74, 6) is 0.750. The molecule has 2 heteroatoms. The summed E-state index contributed by atoms with van der Waals surface area (Å²) in [5, 5.41) is 0.663. The van der Waals surface area contributed by atoms with Gasteiger partial charge in [-0.3, -0.25) is 0 Å². The molecule has 0 heterocycles. The lowest BCUT2D eigenvalue weighted by molar-refractivity contribution is 0.322. The predicted molar refractivity (Wildman–Crippen MR) is 67.1 cm³/mol. The van der Waals surface area contributed by atoms with Crippen molar-refractivity contribution in [2.75, 3.05) is 6.61 Å². The van der Waals surface area contributed by atoms with E-state index in [4.69, 9.17) is 16.3 Å². The molecule has 82 valence electrons. The summed E-state index contributed by atoms with van der Waals surface area (Å²) < 4.78 is 5.61. The Morgan fingerprint density at radius 3 is 2.31 bits per heavy atom. The number of rotatable bonds is 4. The van der Waals surface area contributed by atoms with E-state index in [1.165, 1.54) is 5.56 Å². The minimum atomic E-state index is 0.647. The molecule has 0 aromatic heterocycles. The normalized spacial score (nSPS) is 10.1. The topological polar surface area (TPSA) is 9.23 Å². The molecule has 0 spiro atoms. The maximum Gasteiger partial charge on any atom is 0.137 e. The zero-order chi connectivity index (χ0) is 11.2. The molecule has 1 nitrogen and oxygen atoms in total. The van der Waals surface area contributed by atoms with Gasteiger partial charge in [-0.05, 0) is 17.7 Å². The lowest BCUT2D eigenvalue weighted by atomic mass is 10.2. The summed E-state index contributed by atoms with van der Waals surface area (Å²) in [6.07, 6.45) is 0.895. The lowest BCUT2D eigenvalue weighted by Gasteiger charge is -2.07. The van der Waals surface area contributed by atoms with Crippen LogP contribution in [0.2, 0.25) is 5.02 Å². The first-order valence-corrected chi connectivity index (χ1v) is 5.65. The molecule has 2 aromatic carbocycles. The van der Waals surface area contributed by atoms with Crippen LogP contribution in [0.5, 0.6) is 5.75 Å². The van der Waals surface area contributed by atoms with E-state index in [1.54, 1.807) is 0 Å². The van der Waals surface area contributed by atoms with Crippen molar-refractivity contribution in [2.45, 2.75) is 6.42 Å². The molecule has 0 bridgehead atoms. The number of hydrogen-bond acceptors (Lipinski definition) is 1. The molecule has 2 rings (SSSR count). The van der Waals surface area contributed by atoms with E-state index in [0.717, 1.165) is 12.2 Å². The second-order valence-electron chi connectivity index (χ2n) is 3.51. The summed E-state index contributed by atoms with van der Waals surface area (Å²) in [7, 11) is 0. The molecule has 2 aromatic rings. The first-order chi connectivity index (χ1) is 7.86. The molecule has 0 saturated heterocycles. The molecule has 0 atom stereocenters. The average molecular weight is 233 g/mol. The van der Waals surface area contributed by atoms with E-state index in [1.807, 2.05) is 42.5 Å². The molecule has 0 amide bonds. The molecule has 16 heavy (non-hydrogen) atoms. The number of hydrogen-bond donors (Lipinski definition) is 0. The van der Waals surface area contributed by atoms with E-state index in [2.05, 4.69) is 12.1 Å². The van der Waals surface area contributed by atoms with Crippen molar-refractivity contribution in [3.05, 3.63) is 65.2 Å². The molecule has 0 aliphatic carbocycles. The van der Waals surface area contributed by atoms with Gasteiger partial charge in [0.25, 0.3) is 0 Å². The highest BCUT2D eigenvalue weighted by Gasteiger charge is 1.99. The smallest absolute Gasteiger partial charge is 0.137 e. The second kappa shape index (κ2) is 5.57. The zero-order valence-corrected chi connectivity index (χ0v) is 9.65. The van der Waals surface area contributed by atoms with E-state index in [0.29, 0.717) is 11.6 Å². The van der Waals surface area contributed by atoms with Gasteiger partial charge < -0.3 is 4.74 Å². The summed E-state index contributed by atoms with van der Waals surface area (Å²) in [5.41, 5.74) is 1.27. The quantitative estimate of drug-likeness (QED) is 0.775. The maximum atomic E-state index is 5.98. The first kappa shape index (κ1) is 11.0. The van der Waals surface area contributed by atoms with E-state index >= 15 is 0 Å². The van der Waals surface area contributed by atoms with Crippen molar-refractivity contribution in [3.63, 3.8) is 0 Å². The van der Waals surface area contributed by atoms with Crippen molar-refractivity contribution in [2.24, 2.45) is 0 Å². The van der Waals surface area contributed by atoms with E-state index < -0.39 is 0 Å². The molecule has 0 N–H and O–H groups in total. The predicted octanol–water partition coefficient (Wildman–Crippen LogP) is 3.96. The summed E-state index contributed by atoms with van der Waals surface area (Å²) in [6, 6.07) is 17.8. The SMILES string of the molecule is Clc1ccccc1OCCc1ccccc1. The Kier molecular flexibility index (Phi) is 3.84. The first-order valence-electron chi connectivity index (χ1n) is 5.27. The summed E-state index contributed by atoms with van der Waals surface area (Å²) in [6.45, 7) is 0.647. The van der Waals surface area contributed by atoms with Gasteiger partial charge in [0.05, 0.1) is 11.6 Å². The van der Waals surface area contributed by atoms with Crippen molar-refractivity contribution in [3.8, 4) is 5.75 Å². The Morgan fingerprint density at radius 1 is 0.875 bits per heavy atom. The molecule has 0 aliphatic rings. The molecule has 0 radical (unpaired) electrons. The number of ether oxygens (including phenoxy) is 1. The van der Waals surface area contributed by atoms with Crippen LogP contribution in [0.1, 0.15) is 5.56 Å². The number of benzene rings is 2. The van der Waals surface area contributed by atoms with Gasteiger partial charge in [0.1, 0.15) is 5.75 Å². The fourth-order valence-corrected chi connectivity index (χ4v) is 1.68. The van der Waals surface area contributed by atoms with Crippen LogP contribution >= 0.6 is 11.6 Å². The van der Waals surface area contributed by atoms with Crippen LogP contribution in [-0.2, 0) is 6.42 Å². The monoisotopic (exact) mass is 232 g/mol. The van der Waals surface area contributed by atoms with Gasteiger partial charge in [0.2, 0.25) is 0 Å². The van der Waals surface area contributed by atoms with Gasteiger partial charge in [-0.1, -0.05) is 54.1 Å². The Balaban J connectivity index is 1.87. The second-order valence-corrected chi connectivity index (χ2v) is 3.92. The van der Waals surface area contributed by atoms with Crippen LogP contribution in [0.25, 0.3) is 0 Å². The van der Waals surface area contributed by atoms with E-state index in [9.17, 15) is 0 Å². The lowest BCUT2D eigenvalue weighted by Crippen LogP contribution is -2.01. The molecular weight excluding hydrogens is 220 g/mol. The van der Waals surface area contributed by atoms with Crippen molar-refractivity contribution >= 4 is 11.6 Å². The molecule has 0 aliphatic heterocycles. The van der Waals surface area contributed by atoms with Gasteiger partial charge in [-0.15, -0.1) is 0 Å². The van der Waals surface area contributed by atoms with Crippen LogP contribution in [0.4, 0.5) is 0 Å². The van der Waals surface area contributed by atoms with Crippen molar-refractivity contribution < 1.29 is 4.74 Å². The number of para-hydroxylation sites is 1. The van der Waals surface area contributed by atoms with Crippen LogP contribution < -0.4 is 4.74 Å². The largest absolute Gasteiger partial charge is 0.492 e. The average Bonchev–Trinajstić information content (AvgIpc) is 2.33. The molecular formula is C14H13ClO. The van der Waals surface area contributed by atoms with Crippen LogP contribution in [0.15, 0.2) is 54.6 Å². The Labute approximate surface area is 101 Å². The fraction of sp³-hybridized carbons (Fsp3) is 0.143. The maximum absolute atomic E-state index is 5.98. The van der Waals surface area contributed by atoms with Crippen LogP contribution in [0, 0.1) is 0 Å². The molecule has 0 saturated carbocycles. The Morgan fingerprint density at radius 2 is 1.56 bits per heavy atom. The fourth-order valence-electron chi connectivity index (χ4n) is 1.49. The molecule has 0 fully saturated rings. The van der Waals surface area contributed by atoms with Crippen molar-refractivity contribution in [1.82, 2.24) is 0 Å². The van der Waals surface area contributed by atoms with Gasteiger partial charge in [-0.25, -0.2) is 0 Å². The molecule has 0 unspecified atom stereocenters. The number of halogens is 1. The third-order valence-electron chi connectivity index (χ3n) is 2.33. The van der Waals surface area contributed by atoms with Crippen LogP contribution in [-0.4, -0.2) is 6.61 Å². The standard InChI is InChI=1S/C14H13ClO/c15-13-8-4-5-9-14(13)16-11-10-12-6-2-1-3-7-12/h1-9H,10-11H2. The van der Waals surface area contributed by atoms with Crippen LogP contribution in [0.3, 0.4) is 0 Å². The third kappa shape index (κ3) is 3.01. The summed E-state index contributed by atoms with van der Waals surface area (Å²) in [4.78, 5) is 0. The van der Waals surface area contributed by atoms with Gasteiger partial charge in [-0.2, -0.15) is 0 Å². The minimum absolute atomic E-state index is 0.647. The zero-order valence-electron chi connectivity index (χ0n) is 8.90.